The maximum absolute atomic E-state index is 12.1. The molecule has 2 aliphatic heterocycles. The van der Waals surface area contributed by atoms with Crippen molar-refractivity contribution < 1.29 is 29.2 Å². The monoisotopic (exact) mass is 417 g/mol. The van der Waals surface area contributed by atoms with Gasteiger partial charge in [0.15, 0.2) is 18.3 Å². The van der Waals surface area contributed by atoms with Gasteiger partial charge in [-0.3, -0.25) is 4.90 Å². The number of likely N-dealkylation sites (tertiary alicyclic amines) is 1. The van der Waals surface area contributed by atoms with Gasteiger partial charge >= 0.3 is 0 Å². The Morgan fingerprint density at radius 2 is 2.20 bits per heavy atom. The first kappa shape index (κ1) is 20.3. The van der Waals surface area contributed by atoms with Gasteiger partial charge in [0, 0.05) is 25.3 Å². The van der Waals surface area contributed by atoms with Crippen LogP contribution in [0, 0.1) is 0 Å². The molecule has 0 amide bonds. The lowest BCUT2D eigenvalue weighted by Gasteiger charge is -2.63. The van der Waals surface area contributed by atoms with E-state index in [0.717, 1.165) is 31.5 Å². The molecule has 2 fully saturated rings. The van der Waals surface area contributed by atoms with Gasteiger partial charge < -0.3 is 29.2 Å². The standard InChI is InChI=1S/C23H31NO6/c1-3-9-24-10-8-22-19-15-4-5-17(29-14-28-12-11-27-2)20(19)30-21(22)16(25)6-7-23(22,26)18(24)13-15/h3-5,16,18,21,25-26H,1,6-14H2,2H3/t16-,18-,21+,22+,23-/m1/s1. The number of ether oxygens (including phenoxy) is 4. The molecule has 0 radical (unpaired) electrons. The molecule has 2 aliphatic carbocycles. The summed E-state index contributed by atoms with van der Waals surface area (Å²) in [6.07, 6.45) is 3.42. The Morgan fingerprint density at radius 3 is 3.00 bits per heavy atom. The minimum Gasteiger partial charge on any atom is -0.482 e. The predicted molar refractivity (Wildman–Crippen MR) is 110 cm³/mol. The van der Waals surface area contributed by atoms with Gasteiger partial charge in [0.05, 0.1) is 30.3 Å². The number of aliphatic hydroxyl groups is 2. The van der Waals surface area contributed by atoms with Gasteiger partial charge in [-0.25, -0.2) is 0 Å². The van der Waals surface area contributed by atoms with E-state index in [2.05, 4.69) is 17.5 Å². The predicted octanol–water partition coefficient (Wildman–Crippen LogP) is 1.39. The molecule has 1 spiro atoms. The topological polar surface area (TPSA) is 80.6 Å². The van der Waals surface area contributed by atoms with E-state index in [9.17, 15) is 10.2 Å². The second-order valence-electron chi connectivity index (χ2n) is 8.88. The van der Waals surface area contributed by atoms with E-state index in [1.165, 1.54) is 5.56 Å². The minimum atomic E-state index is -0.940. The Hall–Kier alpha value is -1.64. The molecule has 2 N–H and O–H groups in total. The van der Waals surface area contributed by atoms with Gasteiger partial charge in [0.25, 0.3) is 0 Å². The number of rotatable bonds is 8. The van der Waals surface area contributed by atoms with Gasteiger partial charge in [-0.05, 0) is 43.9 Å². The molecule has 2 bridgehead atoms. The lowest BCUT2D eigenvalue weighted by atomic mass is 9.48. The molecule has 4 aliphatic rings. The zero-order valence-corrected chi connectivity index (χ0v) is 17.5. The highest BCUT2D eigenvalue weighted by Crippen LogP contribution is 2.65. The zero-order chi connectivity index (χ0) is 20.9. The Bertz CT molecular complexity index is 830. The Kier molecular flexibility index (Phi) is 5.07. The summed E-state index contributed by atoms with van der Waals surface area (Å²) >= 11 is 0. The van der Waals surface area contributed by atoms with E-state index in [1.54, 1.807) is 7.11 Å². The number of aliphatic hydroxyl groups excluding tert-OH is 1. The molecular formula is C23H31NO6. The molecule has 1 saturated carbocycles. The first-order chi connectivity index (χ1) is 14.6. The molecule has 1 aromatic rings. The minimum absolute atomic E-state index is 0.00885. The average Bonchev–Trinajstić information content (AvgIpc) is 3.09. The molecule has 1 saturated heterocycles. The number of piperidine rings is 1. The summed E-state index contributed by atoms with van der Waals surface area (Å²) in [6.45, 7) is 6.54. The van der Waals surface area contributed by atoms with Crippen LogP contribution in [-0.2, 0) is 21.3 Å². The van der Waals surface area contributed by atoms with Crippen LogP contribution in [0.25, 0.3) is 0 Å². The maximum atomic E-state index is 12.1. The van der Waals surface area contributed by atoms with Crippen LogP contribution in [0.5, 0.6) is 11.5 Å². The number of benzene rings is 1. The highest BCUT2D eigenvalue weighted by atomic mass is 16.7. The third kappa shape index (κ3) is 2.63. The summed E-state index contributed by atoms with van der Waals surface area (Å²) < 4.78 is 22.8. The third-order valence-corrected chi connectivity index (χ3v) is 7.62. The molecule has 30 heavy (non-hydrogen) atoms. The molecule has 5 rings (SSSR count). The van der Waals surface area contributed by atoms with Crippen LogP contribution in [0.2, 0.25) is 0 Å². The Morgan fingerprint density at radius 1 is 1.33 bits per heavy atom. The second-order valence-corrected chi connectivity index (χ2v) is 8.88. The molecule has 1 aromatic carbocycles. The second kappa shape index (κ2) is 7.50. The summed E-state index contributed by atoms with van der Waals surface area (Å²) in [7, 11) is 1.63. The van der Waals surface area contributed by atoms with E-state index >= 15 is 0 Å². The SMILES string of the molecule is C=CCN1CC[C@]23c4c5ccc(OCOCCOC)c4O[C@H]2[C@H](O)CC[C@@]3(O)[C@H]1C5. The van der Waals surface area contributed by atoms with Gasteiger partial charge in [0.2, 0.25) is 0 Å². The van der Waals surface area contributed by atoms with Crippen LogP contribution in [-0.4, -0.2) is 79.2 Å². The fourth-order valence-corrected chi connectivity index (χ4v) is 6.40. The summed E-state index contributed by atoms with van der Waals surface area (Å²) in [5.41, 5.74) is 0.672. The fraction of sp³-hybridized carbons (Fsp3) is 0.652. The number of nitrogens with zero attached hydrogens (tertiary/aromatic N) is 1. The maximum Gasteiger partial charge on any atom is 0.189 e. The highest BCUT2D eigenvalue weighted by Gasteiger charge is 2.72. The van der Waals surface area contributed by atoms with Crippen LogP contribution >= 0.6 is 0 Å². The van der Waals surface area contributed by atoms with E-state index in [1.807, 2.05) is 12.1 Å². The van der Waals surface area contributed by atoms with Gasteiger partial charge in [-0.1, -0.05) is 12.1 Å². The molecule has 0 aromatic heterocycles. The lowest BCUT2D eigenvalue weighted by Crippen LogP contribution is -2.77. The first-order valence-corrected chi connectivity index (χ1v) is 10.8. The van der Waals surface area contributed by atoms with Crippen LogP contribution in [0.1, 0.15) is 30.4 Å². The van der Waals surface area contributed by atoms with Gasteiger partial charge in [-0.2, -0.15) is 0 Å². The third-order valence-electron chi connectivity index (χ3n) is 7.62. The lowest BCUT2D eigenvalue weighted by molar-refractivity contribution is -0.206. The quantitative estimate of drug-likeness (QED) is 0.376. The van der Waals surface area contributed by atoms with Crippen molar-refractivity contribution in [3.63, 3.8) is 0 Å². The molecule has 7 heteroatoms. The average molecular weight is 418 g/mol. The van der Waals surface area contributed by atoms with Crippen molar-refractivity contribution in [2.45, 2.75) is 54.9 Å². The van der Waals surface area contributed by atoms with Crippen molar-refractivity contribution in [2.24, 2.45) is 0 Å². The van der Waals surface area contributed by atoms with Gasteiger partial charge in [-0.15, -0.1) is 6.58 Å². The number of methoxy groups -OCH3 is 1. The summed E-state index contributed by atoms with van der Waals surface area (Å²) in [5, 5.41) is 23.0. The fourth-order valence-electron chi connectivity index (χ4n) is 6.40. The number of hydrogen-bond donors (Lipinski definition) is 2. The first-order valence-electron chi connectivity index (χ1n) is 10.8. The zero-order valence-electron chi connectivity index (χ0n) is 17.5. The molecule has 0 unspecified atom stereocenters. The summed E-state index contributed by atoms with van der Waals surface area (Å²) in [5.74, 6) is 1.28. The van der Waals surface area contributed by atoms with E-state index in [4.69, 9.17) is 18.9 Å². The largest absolute Gasteiger partial charge is 0.482 e. The van der Waals surface area contributed by atoms with Gasteiger partial charge in [0.1, 0.15) is 6.10 Å². The Balaban J connectivity index is 1.54. The Labute approximate surface area is 177 Å². The molecule has 7 nitrogen and oxygen atoms in total. The van der Waals surface area contributed by atoms with Crippen LogP contribution in [0.15, 0.2) is 24.8 Å². The highest BCUT2D eigenvalue weighted by molar-refractivity contribution is 5.63. The van der Waals surface area contributed by atoms with Crippen LogP contribution in [0.4, 0.5) is 0 Å². The molecule has 164 valence electrons. The van der Waals surface area contributed by atoms with Crippen molar-refractivity contribution in [3.8, 4) is 11.5 Å². The van der Waals surface area contributed by atoms with E-state index in [-0.39, 0.29) is 12.8 Å². The van der Waals surface area contributed by atoms with Crippen LogP contribution < -0.4 is 9.47 Å². The molecule has 2 heterocycles. The molecule has 5 atom stereocenters. The van der Waals surface area contributed by atoms with Crippen molar-refractivity contribution in [2.75, 3.05) is 40.2 Å². The van der Waals surface area contributed by atoms with Crippen molar-refractivity contribution in [1.29, 1.82) is 0 Å². The van der Waals surface area contributed by atoms with Crippen molar-refractivity contribution in [1.82, 2.24) is 4.90 Å². The normalized spacial score (nSPS) is 36.2. The van der Waals surface area contributed by atoms with E-state index in [0.29, 0.717) is 37.6 Å². The van der Waals surface area contributed by atoms with E-state index < -0.39 is 23.2 Å². The molecular weight excluding hydrogens is 386 g/mol. The van der Waals surface area contributed by atoms with Crippen molar-refractivity contribution in [3.05, 3.63) is 35.9 Å². The summed E-state index contributed by atoms with van der Waals surface area (Å²) in [6, 6.07) is 4.00. The van der Waals surface area contributed by atoms with Crippen LogP contribution in [0.3, 0.4) is 0 Å². The van der Waals surface area contributed by atoms with Crippen molar-refractivity contribution >= 4 is 0 Å². The smallest absolute Gasteiger partial charge is 0.189 e. The summed E-state index contributed by atoms with van der Waals surface area (Å²) in [4.78, 5) is 2.34. The number of hydrogen-bond acceptors (Lipinski definition) is 7.